The van der Waals surface area contributed by atoms with Crippen molar-refractivity contribution in [2.24, 2.45) is 20.5 Å². The molecule has 0 radical (unpaired) electrons. The summed E-state index contributed by atoms with van der Waals surface area (Å²) in [6, 6.07) is 14.9. The Morgan fingerprint density at radius 3 is 2.14 bits per heavy atom. The van der Waals surface area contributed by atoms with Gasteiger partial charge >= 0.3 is 0 Å². The molecule has 4 aromatic rings. The van der Waals surface area contributed by atoms with Crippen LogP contribution in [0.2, 0.25) is 0 Å². The third-order valence-corrected chi connectivity index (χ3v) is 9.53. The van der Waals surface area contributed by atoms with Gasteiger partial charge in [0.05, 0.1) is 23.4 Å². The van der Waals surface area contributed by atoms with Gasteiger partial charge in [-0.25, -0.2) is 8.42 Å². The summed E-state index contributed by atoms with van der Waals surface area (Å²) in [5.74, 6) is -0.360. The van der Waals surface area contributed by atoms with E-state index in [4.69, 9.17) is 10.5 Å². The van der Waals surface area contributed by atoms with Crippen LogP contribution in [0.4, 0.5) is 28.4 Å². The number of rotatable bonds is 10. The summed E-state index contributed by atoms with van der Waals surface area (Å²) in [6.45, 7) is 5.98. The third-order valence-electron chi connectivity index (χ3n) is 6.60. The fraction of sp³-hybridized carbons (Fsp3) is 0.214. The van der Waals surface area contributed by atoms with Gasteiger partial charge in [-0.05, 0) is 60.3 Å². The van der Waals surface area contributed by atoms with E-state index in [-0.39, 0.29) is 32.8 Å². The number of nitrogens with two attached hydrogens (primary N) is 1. The van der Waals surface area contributed by atoms with Gasteiger partial charge < -0.3 is 15.6 Å². The molecule has 0 spiro atoms. The van der Waals surface area contributed by atoms with E-state index in [0.29, 0.717) is 30.0 Å². The van der Waals surface area contributed by atoms with Crippen molar-refractivity contribution >= 4 is 59.4 Å². The van der Waals surface area contributed by atoms with Crippen LogP contribution >= 0.6 is 0 Å². The zero-order valence-electron chi connectivity index (χ0n) is 23.8. The van der Waals surface area contributed by atoms with Crippen molar-refractivity contribution < 1.29 is 31.2 Å². The van der Waals surface area contributed by atoms with Crippen LogP contribution in [0, 0.1) is 6.92 Å². The highest BCUT2D eigenvalue weighted by Crippen LogP contribution is 2.44. The smallest absolute Gasteiger partial charge is 0.296 e. The number of phenolic OH excluding ortho intramolecular Hbond substituents is 1. The van der Waals surface area contributed by atoms with Gasteiger partial charge in [0.15, 0.2) is 5.75 Å². The van der Waals surface area contributed by atoms with Crippen molar-refractivity contribution in [2.75, 3.05) is 25.9 Å². The average molecular weight is 627 g/mol. The number of ether oxygens (including phenoxy) is 1. The number of nitrogen functional groups attached to an aromatic ring is 1. The second-order valence-electron chi connectivity index (χ2n) is 9.29. The Labute approximate surface area is 249 Å². The van der Waals surface area contributed by atoms with E-state index >= 15 is 0 Å². The number of aromatic hydroxyl groups is 1. The van der Waals surface area contributed by atoms with Gasteiger partial charge in [0, 0.05) is 30.2 Å². The van der Waals surface area contributed by atoms with Crippen LogP contribution in [-0.2, 0) is 20.1 Å². The maximum Gasteiger partial charge on any atom is 0.296 e. The van der Waals surface area contributed by atoms with Crippen molar-refractivity contribution in [3.8, 4) is 11.5 Å². The summed E-state index contributed by atoms with van der Waals surface area (Å²) in [5.41, 5.74) is 7.27. The summed E-state index contributed by atoms with van der Waals surface area (Å²) in [6.07, 6.45) is 0. The maximum atomic E-state index is 12.7. The minimum absolute atomic E-state index is 0.153. The Morgan fingerprint density at radius 1 is 0.884 bits per heavy atom. The first-order chi connectivity index (χ1) is 20.3. The third kappa shape index (κ3) is 6.49. The number of fused-ring (bicyclic) bond motifs is 1. The maximum absolute atomic E-state index is 12.7. The van der Waals surface area contributed by atoms with Crippen molar-refractivity contribution in [3.63, 3.8) is 0 Å². The van der Waals surface area contributed by atoms with Gasteiger partial charge in [-0.15, -0.1) is 10.2 Å². The molecule has 0 saturated heterocycles. The standard InChI is InChI=1S/C28H30N6O7S2/c1-5-34(6-2)42(36,37)20-12-10-19(11-13-20)30-31-22-16-24(41-4)23(14-17(22)3)32-33-27-25(43(38,39)40)15-18-8-7-9-21(29)26(18)28(27)35/h7-16,35H,5-6,29H2,1-4H3,(H,38,39,40)/b31-30+,33-32+. The van der Waals surface area contributed by atoms with Gasteiger partial charge in [0.25, 0.3) is 10.1 Å². The molecule has 0 heterocycles. The van der Waals surface area contributed by atoms with E-state index in [0.717, 1.165) is 6.07 Å². The molecule has 0 aliphatic heterocycles. The molecule has 0 unspecified atom stereocenters. The topological polar surface area (TPSA) is 197 Å². The molecule has 0 bridgehead atoms. The lowest BCUT2D eigenvalue weighted by Gasteiger charge is -2.18. The fourth-order valence-electron chi connectivity index (χ4n) is 4.34. The highest BCUT2D eigenvalue weighted by Gasteiger charge is 2.23. The highest BCUT2D eigenvalue weighted by molar-refractivity contribution is 7.89. The van der Waals surface area contributed by atoms with E-state index < -0.39 is 36.5 Å². The Kier molecular flexibility index (Phi) is 9.10. The molecule has 0 amide bonds. The van der Waals surface area contributed by atoms with Gasteiger partial charge in [-0.2, -0.15) is 23.0 Å². The number of methoxy groups -OCH3 is 1. The predicted octanol–water partition coefficient (Wildman–Crippen LogP) is 6.55. The molecule has 15 heteroatoms. The number of hydrogen-bond donors (Lipinski definition) is 3. The number of anilines is 1. The SMILES string of the molecule is CCN(CC)S(=O)(=O)c1ccc(/N=N/c2cc(OC)c(/N=N/c3c(S(=O)(=O)O)cc4cccc(N)c4c3O)cc2C)cc1. The number of phenols is 1. The molecule has 43 heavy (non-hydrogen) atoms. The van der Waals surface area contributed by atoms with E-state index in [1.54, 1.807) is 45.0 Å². The van der Waals surface area contributed by atoms with Crippen LogP contribution in [0.1, 0.15) is 19.4 Å². The first-order valence-electron chi connectivity index (χ1n) is 13.0. The molecular formula is C28H30N6O7S2. The largest absolute Gasteiger partial charge is 0.505 e. The molecule has 13 nitrogen and oxygen atoms in total. The highest BCUT2D eigenvalue weighted by atomic mass is 32.2. The van der Waals surface area contributed by atoms with E-state index in [1.165, 1.54) is 41.7 Å². The van der Waals surface area contributed by atoms with Crippen molar-refractivity contribution in [2.45, 2.75) is 30.6 Å². The molecule has 4 N–H and O–H groups in total. The number of benzene rings is 4. The van der Waals surface area contributed by atoms with Crippen LogP contribution in [0.5, 0.6) is 11.5 Å². The van der Waals surface area contributed by atoms with Crippen molar-refractivity contribution in [3.05, 3.63) is 66.2 Å². The lowest BCUT2D eigenvalue weighted by molar-refractivity contribution is 0.416. The Balaban J connectivity index is 1.68. The Bertz CT molecular complexity index is 1960. The van der Waals surface area contributed by atoms with Crippen LogP contribution in [0.3, 0.4) is 0 Å². The number of aryl methyl sites for hydroxylation is 1. The predicted molar refractivity (Wildman–Crippen MR) is 162 cm³/mol. The van der Waals surface area contributed by atoms with E-state index in [9.17, 15) is 26.5 Å². The summed E-state index contributed by atoms with van der Waals surface area (Å²) >= 11 is 0. The number of nitrogens with zero attached hydrogens (tertiary/aromatic N) is 5. The summed E-state index contributed by atoms with van der Waals surface area (Å²) < 4.78 is 66.2. The quantitative estimate of drug-likeness (QED) is 0.0999. The Morgan fingerprint density at radius 2 is 1.53 bits per heavy atom. The zero-order valence-corrected chi connectivity index (χ0v) is 25.4. The molecule has 0 aromatic heterocycles. The fourth-order valence-corrected chi connectivity index (χ4v) is 6.46. The summed E-state index contributed by atoms with van der Waals surface area (Å²) in [5, 5.41) is 27.8. The molecule has 226 valence electrons. The van der Waals surface area contributed by atoms with Gasteiger partial charge in [-0.1, -0.05) is 26.0 Å². The average Bonchev–Trinajstić information content (AvgIpc) is 2.96. The minimum Gasteiger partial charge on any atom is -0.505 e. The van der Waals surface area contributed by atoms with Crippen LogP contribution in [-0.4, -0.2) is 51.0 Å². The second kappa shape index (κ2) is 12.4. The van der Waals surface area contributed by atoms with Crippen LogP contribution in [0.25, 0.3) is 10.8 Å². The number of hydrogen-bond acceptors (Lipinski definition) is 11. The summed E-state index contributed by atoms with van der Waals surface area (Å²) in [7, 11) is -7.01. The molecule has 0 aliphatic rings. The molecule has 4 aromatic carbocycles. The van der Waals surface area contributed by atoms with Gasteiger partial charge in [-0.3, -0.25) is 4.55 Å². The van der Waals surface area contributed by atoms with Crippen LogP contribution in [0.15, 0.2) is 90.9 Å². The minimum atomic E-state index is -4.80. The molecule has 0 atom stereocenters. The zero-order chi connectivity index (χ0) is 31.5. The number of azo groups is 2. The van der Waals surface area contributed by atoms with Gasteiger partial charge in [0.1, 0.15) is 22.0 Å². The van der Waals surface area contributed by atoms with E-state index in [1.807, 2.05) is 0 Å². The molecule has 0 aliphatic carbocycles. The molecule has 0 saturated carbocycles. The first kappa shape index (κ1) is 31.5. The molecule has 4 rings (SSSR count). The number of sulfonamides is 1. The molecular weight excluding hydrogens is 596 g/mol. The second-order valence-corrected chi connectivity index (χ2v) is 12.6. The monoisotopic (exact) mass is 626 g/mol. The van der Waals surface area contributed by atoms with Crippen molar-refractivity contribution in [1.82, 2.24) is 4.31 Å². The lowest BCUT2D eigenvalue weighted by Crippen LogP contribution is -2.30. The lowest BCUT2D eigenvalue weighted by atomic mass is 10.1. The van der Waals surface area contributed by atoms with Crippen molar-refractivity contribution in [1.29, 1.82) is 0 Å². The Hall–Kier alpha value is -4.44. The van der Waals surface area contributed by atoms with Crippen LogP contribution < -0.4 is 10.5 Å². The normalized spacial score (nSPS) is 12.6. The van der Waals surface area contributed by atoms with Gasteiger partial charge in [0.2, 0.25) is 10.0 Å². The molecule has 0 fully saturated rings. The first-order valence-corrected chi connectivity index (χ1v) is 15.8. The summed E-state index contributed by atoms with van der Waals surface area (Å²) in [4.78, 5) is -0.496. The van der Waals surface area contributed by atoms with E-state index in [2.05, 4.69) is 20.5 Å².